The largest absolute Gasteiger partial charge is 0.478 e. The molecule has 4 saturated carbocycles. The van der Waals surface area contributed by atoms with Gasteiger partial charge in [-0.15, -0.1) is 0 Å². The highest BCUT2D eigenvalue weighted by molar-refractivity contribution is 7.99. The van der Waals surface area contributed by atoms with Gasteiger partial charge in [-0.3, -0.25) is 14.0 Å². The Hall–Kier alpha value is -4.07. The number of rotatable bonds is 4. The second-order valence-electron chi connectivity index (χ2n) is 23.0. The zero-order valence-electron chi connectivity index (χ0n) is 43.8. The van der Waals surface area contributed by atoms with Crippen molar-refractivity contribution in [1.82, 2.24) is 9.80 Å². The fraction of sp³-hybridized carbons (Fsp3) is 0.618. The van der Waals surface area contributed by atoms with Crippen molar-refractivity contribution in [3.63, 3.8) is 0 Å². The molecule has 0 amide bonds. The maximum atomic E-state index is 12.9. The first-order valence-electron chi connectivity index (χ1n) is 26.1. The zero-order chi connectivity index (χ0) is 55.8. The Balaban J connectivity index is 0.000000185. The monoisotopic (exact) mass is 1100 g/mol. The van der Waals surface area contributed by atoms with E-state index in [4.69, 9.17) is 37.2 Å². The van der Waals surface area contributed by atoms with Crippen molar-refractivity contribution in [2.24, 2.45) is 29.1 Å². The second kappa shape index (κ2) is 20.9. The minimum absolute atomic E-state index is 0.0606. The van der Waals surface area contributed by atoms with Crippen LogP contribution in [0.4, 0.5) is 0 Å². The van der Waals surface area contributed by atoms with Gasteiger partial charge in [0.25, 0.3) is 0 Å². The van der Waals surface area contributed by atoms with Crippen LogP contribution in [0.25, 0.3) is 5.57 Å². The van der Waals surface area contributed by atoms with E-state index in [1.165, 1.54) is 52.4 Å². The number of carboxylic acid groups (broad SMARTS) is 2. The van der Waals surface area contributed by atoms with E-state index in [-0.39, 0.29) is 25.4 Å². The van der Waals surface area contributed by atoms with E-state index in [1.807, 2.05) is 18.7 Å². The molecule has 9 aliphatic rings. The number of aliphatic carboxylic acids is 2. The van der Waals surface area contributed by atoms with Crippen LogP contribution in [0, 0.1) is 29.1 Å². The number of aliphatic hydroxyl groups excluding tert-OH is 1. The lowest BCUT2D eigenvalue weighted by Crippen LogP contribution is -2.85. The molecule has 5 aliphatic heterocycles. The number of likely N-dealkylation sites (tertiary alicyclic amines) is 1. The summed E-state index contributed by atoms with van der Waals surface area (Å²) in [6.07, 6.45) is 5.80. The second-order valence-corrected chi connectivity index (χ2v) is 25.0. The normalized spacial score (nSPS) is 40.1. The molecule has 21 heteroatoms. The molecule has 0 aromatic heterocycles. The first kappa shape index (κ1) is 58.1. The number of hydrogen-bond acceptors (Lipinski definition) is 16. The number of carbonyl (C=O) groups excluding carboxylic acids is 1. The summed E-state index contributed by atoms with van der Waals surface area (Å²) in [5.74, 6) is -6.56. The van der Waals surface area contributed by atoms with Gasteiger partial charge in [0, 0.05) is 95.7 Å². The summed E-state index contributed by atoms with van der Waals surface area (Å²) >= 11 is 1.91. The number of fused-ring (bicyclic) bond motifs is 7. The fourth-order valence-corrected chi connectivity index (χ4v) is 16.3. The maximum absolute atomic E-state index is 12.9. The van der Waals surface area contributed by atoms with Gasteiger partial charge in [0.2, 0.25) is 5.79 Å². The van der Waals surface area contributed by atoms with Gasteiger partial charge in [-0.2, -0.15) is 8.42 Å². The lowest BCUT2D eigenvalue weighted by molar-refractivity contribution is -0.354. The molecule has 1 spiro atoms. The van der Waals surface area contributed by atoms with Crippen molar-refractivity contribution in [1.29, 1.82) is 0 Å². The molecule has 2 aromatic rings. The average molecular weight is 1100 g/mol. The number of nitrogens with zero attached hydrogens (tertiary/aromatic N) is 2. The minimum atomic E-state index is -4.67. The molecule has 14 unspecified atom stereocenters. The highest BCUT2D eigenvalue weighted by Crippen LogP contribution is 2.78. The SMILES string of the molecule is CC=C(C)C(=O)OC1CCC2(C)C3CCC4C5(O)CC(O)C6(O)C(CN7CC(C)CCC7C6(C)O)C5(O)CC42OC13O.CN1CCC(=C2c3ccccc3Sc3ccccc32)CC1.O=C(O)C=CC(=O)O.O=S(=O)(O)O. The molecule has 19 nitrogen and oxygen atoms in total. The number of ether oxygens (including phenoxy) is 2. The molecule has 76 heavy (non-hydrogen) atoms. The molecule has 4 aliphatic carbocycles. The lowest BCUT2D eigenvalue weighted by Gasteiger charge is -2.68. The molecule has 10 N–H and O–H groups in total. The van der Waals surface area contributed by atoms with E-state index in [9.17, 15) is 45.0 Å². The molecule has 11 rings (SSSR count). The van der Waals surface area contributed by atoms with Crippen molar-refractivity contribution >= 4 is 45.6 Å². The molecule has 8 fully saturated rings. The van der Waals surface area contributed by atoms with Crippen molar-refractivity contribution < 1.29 is 82.2 Å². The summed E-state index contributed by atoms with van der Waals surface area (Å²) in [5, 5.41) is 89.6. The summed E-state index contributed by atoms with van der Waals surface area (Å²) in [6.45, 7) is 12.4. The van der Waals surface area contributed by atoms with Gasteiger partial charge in [-0.25, -0.2) is 14.4 Å². The summed E-state index contributed by atoms with van der Waals surface area (Å²) < 4.78 is 44.2. The Labute approximate surface area is 447 Å². The molecule has 5 heterocycles. The first-order chi connectivity index (χ1) is 35.4. The van der Waals surface area contributed by atoms with Gasteiger partial charge < -0.3 is 55.2 Å². The number of carbonyl (C=O) groups is 3. The third-order valence-corrected chi connectivity index (χ3v) is 20.1. The summed E-state index contributed by atoms with van der Waals surface area (Å²) in [5.41, 5.74) is -2.96. The third kappa shape index (κ3) is 9.72. The van der Waals surface area contributed by atoms with Crippen LogP contribution in [0.3, 0.4) is 0 Å². The van der Waals surface area contributed by atoms with Gasteiger partial charge >= 0.3 is 28.3 Å². The predicted octanol–water partition coefficient (Wildman–Crippen LogP) is 4.73. The summed E-state index contributed by atoms with van der Waals surface area (Å²) in [6, 6.07) is 17.3. The van der Waals surface area contributed by atoms with Gasteiger partial charge in [0.15, 0.2) is 6.10 Å². The van der Waals surface area contributed by atoms with E-state index < -0.39 is 97.5 Å². The minimum Gasteiger partial charge on any atom is -0.478 e. The van der Waals surface area contributed by atoms with Gasteiger partial charge in [0.1, 0.15) is 22.4 Å². The third-order valence-electron chi connectivity index (χ3n) is 18.9. The van der Waals surface area contributed by atoms with E-state index in [0.29, 0.717) is 62.3 Å². The molecule has 14 atom stereocenters. The van der Waals surface area contributed by atoms with Crippen molar-refractivity contribution in [3.05, 3.63) is 89.0 Å². The zero-order valence-corrected chi connectivity index (χ0v) is 45.5. The number of piperidine rings is 3. The van der Waals surface area contributed by atoms with E-state index in [0.717, 1.165) is 6.42 Å². The van der Waals surface area contributed by atoms with E-state index >= 15 is 0 Å². The van der Waals surface area contributed by atoms with Crippen LogP contribution >= 0.6 is 11.8 Å². The van der Waals surface area contributed by atoms with Crippen LogP contribution in [0.1, 0.15) is 110 Å². The molecule has 4 bridgehead atoms. The van der Waals surface area contributed by atoms with Crippen LogP contribution in [0.15, 0.2) is 87.7 Å². The quantitative estimate of drug-likeness (QED) is 0.0959. The Morgan fingerprint density at radius 1 is 0.803 bits per heavy atom. The molecule has 2 aromatic carbocycles. The Morgan fingerprint density at radius 2 is 1.36 bits per heavy atom. The van der Waals surface area contributed by atoms with Gasteiger partial charge in [0.05, 0.1) is 11.7 Å². The van der Waals surface area contributed by atoms with Crippen LogP contribution in [0.2, 0.25) is 0 Å². The Morgan fingerprint density at radius 3 is 1.91 bits per heavy atom. The van der Waals surface area contributed by atoms with Crippen LogP contribution < -0.4 is 0 Å². The predicted molar refractivity (Wildman–Crippen MR) is 278 cm³/mol. The number of esters is 1. The molecule has 4 saturated heterocycles. The first-order valence-corrected chi connectivity index (χ1v) is 28.3. The number of aliphatic hydroxyl groups is 6. The highest BCUT2D eigenvalue weighted by atomic mass is 32.3. The van der Waals surface area contributed by atoms with Gasteiger partial charge in [-0.1, -0.05) is 73.7 Å². The number of allylic oxidation sites excluding steroid dienone is 1. The standard InChI is InChI=1S/C32H49NO9.C19H19NS.C4H4O4.H2O4S/c1-6-18(3)25(35)41-24-11-12-26(4)19-8-9-20-28(37)13-23(34)31(39)21(29(28,38)16-30(20,26)42-32(19,24)40)15-33-14-17(2)7-10-22(33)27(31,5)36;1-20-12-10-14(11-13-20)19-15-6-2-4-8-17(15)21-18-9-5-3-7-16(18)19;5-3(6)1-2-4(7)8;1-5(2,3)4/h6,17,19-24,34,36-40H,7-16H2,1-5H3;2-9H,10-13H2,1H3;1-2H,(H,5,6)(H,7,8);(H2,1,2,3,4). The fourth-order valence-electron chi connectivity index (χ4n) is 15.2. The summed E-state index contributed by atoms with van der Waals surface area (Å²) in [7, 11) is -2.44. The maximum Gasteiger partial charge on any atom is 0.394 e. The lowest BCUT2D eigenvalue weighted by atomic mass is 9.49. The van der Waals surface area contributed by atoms with Crippen molar-refractivity contribution in [2.75, 3.05) is 33.2 Å². The average Bonchev–Trinajstić information content (AvgIpc) is 3.62. The van der Waals surface area contributed by atoms with E-state index in [2.05, 4.69) is 72.3 Å². The number of carboxylic acids is 2. The van der Waals surface area contributed by atoms with Crippen LogP contribution in [0.5, 0.6) is 0 Å². The Kier molecular flexibility index (Phi) is 15.9. The highest BCUT2D eigenvalue weighted by Gasteiger charge is 2.89. The van der Waals surface area contributed by atoms with E-state index in [1.54, 1.807) is 32.4 Å². The smallest absolute Gasteiger partial charge is 0.394 e. The number of hydrogen-bond donors (Lipinski definition) is 10. The molecule has 418 valence electrons. The molecular weight excluding hydrogens is 1020 g/mol. The van der Waals surface area contributed by atoms with Crippen LogP contribution in [-0.2, 0) is 34.3 Å². The topological polar surface area (TPSA) is 313 Å². The number of benzene rings is 2. The summed E-state index contributed by atoms with van der Waals surface area (Å²) in [4.78, 5) is 39.2. The Bertz CT molecular complexity index is 2720. The van der Waals surface area contributed by atoms with Crippen LogP contribution in [-0.4, -0.2) is 171 Å². The molecular formula is C55H74N2O17S2. The molecule has 0 radical (unpaired) electrons. The van der Waals surface area contributed by atoms with Crippen molar-refractivity contribution in [2.45, 2.75) is 161 Å². The van der Waals surface area contributed by atoms with Gasteiger partial charge in [-0.05, 0) is 114 Å². The van der Waals surface area contributed by atoms with Crippen molar-refractivity contribution in [3.8, 4) is 0 Å².